The highest BCUT2D eigenvalue weighted by molar-refractivity contribution is 6.27. The van der Waals surface area contributed by atoms with Crippen LogP contribution in [0.25, 0.3) is 83.6 Å². The molecule has 0 N–H and O–H groups in total. The van der Waals surface area contributed by atoms with Crippen molar-refractivity contribution in [2.45, 2.75) is 5.41 Å². The van der Waals surface area contributed by atoms with Crippen molar-refractivity contribution in [3.05, 3.63) is 204 Å². The average Bonchev–Trinajstić information content (AvgIpc) is 3.76. The Morgan fingerprint density at radius 3 is 1.70 bits per heavy atom. The predicted octanol–water partition coefficient (Wildman–Crippen LogP) is 11.8. The molecule has 54 heavy (non-hydrogen) atoms. The number of nitrogens with zero attached hydrogens (tertiary/aromatic N) is 4. The first kappa shape index (κ1) is 29.4. The van der Waals surface area contributed by atoms with Crippen LogP contribution < -0.4 is 0 Å². The summed E-state index contributed by atoms with van der Waals surface area (Å²) in [6.07, 6.45) is 0. The molecule has 2 heterocycles. The first-order chi connectivity index (χ1) is 26.8. The number of rotatable bonds is 5. The predicted molar refractivity (Wildman–Crippen MR) is 219 cm³/mol. The lowest BCUT2D eigenvalue weighted by atomic mass is 9.63. The van der Waals surface area contributed by atoms with E-state index in [-0.39, 0.29) is 0 Å². The number of benzene rings is 8. The highest BCUT2D eigenvalue weighted by Crippen LogP contribution is 2.63. The van der Waals surface area contributed by atoms with E-state index in [1.807, 2.05) is 24.3 Å². The minimum Gasteiger partial charge on any atom is -0.278 e. The Labute approximate surface area is 311 Å². The molecule has 0 aliphatic heterocycles. The maximum absolute atomic E-state index is 5.31. The van der Waals surface area contributed by atoms with Gasteiger partial charge in [-0.3, -0.25) is 4.57 Å². The van der Waals surface area contributed by atoms with E-state index in [2.05, 4.69) is 162 Å². The second kappa shape index (κ2) is 10.9. The van der Waals surface area contributed by atoms with Gasteiger partial charge in [0.2, 0.25) is 5.95 Å². The van der Waals surface area contributed by atoms with Gasteiger partial charge in [-0.15, -0.1) is 0 Å². The molecule has 2 aliphatic carbocycles. The van der Waals surface area contributed by atoms with E-state index in [1.165, 1.54) is 60.5 Å². The Morgan fingerprint density at radius 1 is 0.370 bits per heavy atom. The van der Waals surface area contributed by atoms with Crippen LogP contribution in [0.5, 0.6) is 0 Å². The molecule has 10 aromatic rings. The van der Waals surface area contributed by atoms with Gasteiger partial charge in [0.1, 0.15) is 0 Å². The smallest absolute Gasteiger partial charge is 0.238 e. The standard InChI is InChI=1S/C50H30N4/c1-4-13-31(14-5-1)32-23-25-35(26-24-32)48-51-47(34-15-6-2-7-16-34)52-49(53-48)54-41-29-27-33-17-12-22-40-43(33)44(41)45-42(54)30-28-38-37-20-10-11-21-39(37)50(40,46(38)45)36-18-8-3-9-19-36/h1-30H. The van der Waals surface area contributed by atoms with Crippen LogP contribution in [0.2, 0.25) is 0 Å². The SMILES string of the molecule is c1ccc(-c2ccc(-c3nc(-c4ccccc4)nc(-n4c5ccc6c7c5c5c8c(cccc8ccc54)C7(c4ccccc4)c4ccccc4-6)n3)cc2)cc1. The third-order valence-corrected chi connectivity index (χ3v) is 11.7. The zero-order valence-corrected chi connectivity index (χ0v) is 29.1. The Balaban J connectivity index is 1.18. The molecule has 4 heteroatoms. The lowest BCUT2D eigenvalue weighted by Crippen LogP contribution is -2.30. The molecule has 12 rings (SSSR count). The van der Waals surface area contributed by atoms with Gasteiger partial charge in [0.05, 0.1) is 16.4 Å². The van der Waals surface area contributed by atoms with E-state index in [0.29, 0.717) is 17.6 Å². The summed E-state index contributed by atoms with van der Waals surface area (Å²) in [6.45, 7) is 0. The molecule has 0 saturated carbocycles. The molecule has 2 aliphatic rings. The molecule has 0 fully saturated rings. The number of hydrogen-bond donors (Lipinski definition) is 0. The summed E-state index contributed by atoms with van der Waals surface area (Å²) >= 11 is 0. The molecule has 8 aromatic carbocycles. The average molecular weight is 687 g/mol. The van der Waals surface area contributed by atoms with Gasteiger partial charge in [0, 0.05) is 21.9 Å². The fourth-order valence-corrected chi connectivity index (χ4v) is 9.47. The zero-order chi connectivity index (χ0) is 35.4. The van der Waals surface area contributed by atoms with Crippen LogP contribution in [-0.2, 0) is 5.41 Å². The highest BCUT2D eigenvalue weighted by Gasteiger charge is 2.50. The summed E-state index contributed by atoms with van der Waals surface area (Å²) in [7, 11) is 0. The van der Waals surface area contributed by atoms with E-state index in [4.69, 9.17) is 15.0 Å². The van der Waals surface area contributed by atoms with E-state index in [9.17, 15) is 0 Å². The Hall–Kier alpha value is -7.17. The topological polar surface area (TPSA) is 43.6 Å². The van der Waals surface area contributed by atoms with Crippen LogP contribution in [0.4, 0.5) is 0 Å². The summed E-state index contributed by atoms with van der Waals surface area (Å²) in [5.41, 5.74) is 13.8. The van der Waals surface area contributed by atoms with Crippen molar-refractivity contribution in [1.82, 2.24) is 19.5 Å². The summed E-state index contributed by atoms with van der Waals surface area (Å²) in [5, 5.41) is 5.04. The van der Waals surface area contributed by atoms with Crippen molar-refractivity contribution in [2.75, 3.05) is 0 Å². The Kier molecular flexibility index (Phi) is 5.95. The van der Waals surface area contributed by atoms with Crippen molar-refractivity contribution < 1.29 is 0 Å². The zero-order valence-electron chi connectivity index (χ0n) is 29.1. The molecule has 0 bridgehead atoms. The fourth-order valence-electron chi connectivity index (χ4n) is 9.47. The summed E-state index contributed by atoms with van der Waals surface area (Å²) in [6, 6.07) is 65.3. The van der Waals surface area contributed by atoms with E-state index in [0.717, 1.165) is 27.7 Å². The van der Waals surface area contributed by atoms with E-state index < -0.39 is 5.41 Å². The summed E-state index contributed by atoms with van der Waals surface area (Å²) < 4.78 is 2.28. The van der Waals surface area contributed by atoms with Crippen molar-refractivity contribution in [3.63, 3.8) is 0 Å². The Morgan fingerprint density at radius 2 is 0.944 bits per heavy atom. The first-order valence-electron chi connectivity index (χ1n) is 18.5. The van der Waals surface area contributed by atoms with Gasteiger partial charge in [0.15, 0.2) is 11.6 Å². The second-order valence-corrected chi connectivity index (χ2v) is 14.3. The third-order valence-electron chi connectivity index (χ3n) is 11.7. The molecule has 250 valence electrons. The van der Waals surface area contributed by atoms with Gasteiger partial charge in [-0.1, -0.05) is 170 Å². The molecule has 4 nitrogen and oxygen atoms in total. The summed E-state index contributed by atoms with van der Waals surface area (Å²) in [5.74, 6) is 1.88. The number of aromatic nitrogens is 4. The highest BCUT2D eigenvalue weighted by atomic mass is 15.2. The maximum Gasteiger partial charge on any atom is 0.238 e. The monoisotopic (exact) mass is 686 g/mol. The number of fused-ring (bicyclic) bond motifs is 4. The maximum atomic E-state index is 5.31. The third kappa shape index (κ3) is 3.84. The second-order valence-electron chi connectivity index (χ2n) is 14.3. The lowest BCUT2D eigenvalue weighted by molar-refractivity contribution is 0.782. The van der Waals surface area contributed by atoms with E-state index in [1.54, 1.807) is 0 Å². The number of hydrogen-bond acceptors (Lipinski definition) is 3. The van der Waals surface area contributed by atoms with Crippen molar-refractivity contribution in [3.8, 4) is 51.0 Å². The molecule has 1 atom stereocenters. The van der Waals surface area contributed by atoms with Gasteiger partial charge in [-0.2, -0.15) is 9.97 Å². The lowest BCUT2D eigenvalue weighted by Gasteiger charge is -2.37. The molecular weight excluding hydrogens is 657 g/mol. The normalized spacial score (nSPS) is 15.1. The molecular formula is C50H30N4. The van der Waals surface area contributed by atoms with Crippen LogP contribution in [0, 0.1) is 0 Å². The molecule has 1 unspecified atom stereocenters. The van der Waals surface area contributed by atoms with Gasteiger partial charge >= 0.3 is 0 Å². The molecule has 0 spiro atoms. The van der Waals surface area contributed by atoms with Crippen LogP contribution >= 0.6 is 0 Å². The first-order valence-corrected chi connectivity index (χ1v) is 18.5. The quantitative estimate of drug-likeness (QED) is 0.181. The van der Waals surface area contributed by atoms with Crippen molar-refractivity contribution >= 4 is 32.6 Å². The molecule has 0 amide bonds. The molecule has 0 radical (unpaired) electrons. The van der Waals surface area contributed by atoms with Crippen LogP contribution in [0.3, 0.4) is 0 Å². The van der Waals surface area contributed by atoms with Crippen molar-refractivity contribution in [1.29, 1.82) is 0 Å². The molecule has 0 saturated heterocycles. The van der Waals surface area contributed by atoms with Crippen molar-refractivity contribution in [2.24, 2.45) is 0 Å². The minimum absolute atomic E-state index is 0.473. The molecule has 2 aromatic heterocycles. The Bertz CT molecular complexity index is 3130. The van der Waals surface area contributed by atoms with Gasteiger partial charge in [-0.25, -0.2) is 4.98 Å². The summed E-state index contributed by atoms with van der Waals surface area (Å²) in [4.78, 5) is 15.7. The largest absolute Gasteiger partial charge is 0.278 e. The van der Waals surface area contributed by atoms with Crippen LogP contribution in [0.15, 0.2) is 182 Å². The van der Waals surface area contributed by atoms with E-state index >= 15 is 0 Å². The van der Waals surface area contributed by atoms with Gasteiger partial charge in [0.25, 0.3) is 0 Å². The van der Waals surface area contributed by atoms with Crippen LogP contribution in [0.1, 0.15) is 22.3 Å². The minimum atomic E-state index is -0.473. The van der Waals surface area contributed by atoms with Gasteiger partial charge in [-0.05, 0) is 67.4 Å². The van der Waals surface area contributed by atoms with Crippen LogP contribution in [-0.4, -0.2) is 19.5 Å². The fraction of sp³-hybridized carbons (Fsp3) is 0.0200. The van der Waals surface area contributed by atoms with Gasteiger partial charge < -0.3 is 0 Å².